The summed E-state index contributed by atoms with van der Waals surface area (Å²) in [5.41, 5.74) is 5.10. The highest BCUT2D eigenvalue weighted by molar-refractivity contribution is 8.03. The highest BCUT2D eigenvalue weighted by Gasteiger charge is 2.31. The van der Waals surface area contributed by atoms with Gasteiger partial charge in [0.05, 0.1) is 11.4 Å². The second-order valence-electron chi connectivity index (χ2n) is 3.38. The molecular weight excluding hydrogens is 334 g/mol. The molecule has 1 aromatic rings. The molecular formula is C8H11NO8S3. The second kappa shape index (κ2) is 5.65. The lowest BCUT2D eigenvalue weighted by Gasteiger charge is -2.07. The van der Waals surface area contributed by atoms with Crippen molar-refractivity contribution in [3.05, 3.63) is 24.3 Å². The lowest BCUT2D eigenvalue weighted by atomic mass is 10.3. The normalized spacial score (nSPS) is 13.2. The van der Waals surface area contributed by atoms with Gasteiger partial charge in [0.25, 0.3) is 10.1 Å². The van der Waals surface area contributed by atoms with E-state index >= 15 is 0 Å². The summed E-state index contributed by atoms with van der Waals surface area (Å²) in [5, 5.41) is 0. The molecule has 0 spiro atoms. The molecule has 114 valence electrons. The third-order valence-electron chi connectivity index (χ3n) is 1.90. The lowest BCUT2D eigenvalue weighted by molar-refractivity contribution is 0.386. The molecule has 0 aliphatic rings. The summed E-state index contributed by atoms with van der Waals surface area (Å²) < 4.78 is 75.4. The predicted molar refractivity (Wildman–Crippen MR) is 68.6 cm³/mol. The van der Waals surface area contributed by atoms with E-state index in [-0.39, 0.29) is 5.69 Å². The number of hydrogen-bond donors (Lipinski definition) is 1. The summed E-state index contributed by atoms with van der Waals surface area (Å²) in [6, 6.07) is 4.89. The van der Waals surface area contributed by atoms with Gasteiger partial charge in [0, 0.05) is 0 Å². The third kappa shape index (κ3) is 4.42. The SMILES string of the molecule is CCS(=O)(=O)OS(=O)(=O)OS(=O)(=O)c1ccccc1N. The van der Waals surface area contributed by atoms with E-state index in [1.807, 2.05) is 0 Å². The van der Waals surface area contributed by atoms with Crippen LogP contribution in [-0.2, 0) is 37.9 Å². The van der Waals surface area contributed by atoms with Crippen LogP contribution in [0.25, 0.3) is 0 Å². The molecule has 20 heavy (non-hydrogen) atoms. The van der Waals surface area contributed by atoms with Crippen molar-refractivity contribution >= 4 is 36.3 Å². The lowest BCUT2D eigenvalue weighted by Crippen LogP contribution is -2.21. The van der Waals surface area contributed by atoms with Gasteiger partial charge in [0.15, 0.2) is 0 Å². The molecule has 1 aromatic carbocycles. The Kier molecular flexibility index (Phi) is 4.76. The van der Waals surface area contributed by atoms with Crippen LogP contribution in [0.5, 0.6) is 0 Å². The molecule has 0 aliphatic carbocycles. The summed E-state index contributed by atoms with van der Waals surface area (Å²) in [5.74, 6) is -0.677. The molecule has 9 nitrogen and oxygen atoms in total. The standard InChI is InChI=1S/C8H11NO8S3/c1-2-18(10,11)16-20(14,15)17-19(12,13)8-6-4-3-5-7(8)9/h3-6H,2,9H2,1H3. The molecule has 0 fully saturated rings. The fraction of sp³-hybridized carbons (Fsp3) is 0.250. The number of rotatable bonds is 6. The minimum absolute atomic E-state index is 0.263. The number of hydrogen-bond acceptors (Lipinski definition) is 9. The second-order valence-corrected chi connectivity index (χ2v) is 8.33. The summed E-state index contributed by atoms with van der Waals surface area (Å²) in [7, 11) is -14.6. The molecule has 1 rings (SSSR count). The topological polar surface area (TPSA) is 147 Å². The van der Waals surface area contributed by atoms with Crippen LogP contribution in [0.4, 0.5) is 5.69 Å². The molecule has 0 saturated heterocycles. The molecule has 2 N–H and O–H groups in total. The quantitative estimate of drug-likeness (QED) is 0.679. The van der Waals surface area contributed by atoms with Crippen molar-refractivity contribution in [1.29, 1.82) is 0 Å². The van der Waals surface area contributed by atoms with E-state index in [0.717, 1.165) is 13.0 Å². The van der Waals surface area contributed by atoms with Crippen LogP contribution in [0.3, 0.4) is 0 Å². The van der Waals surface area contributed by atoms with Gasteiger partial charge in [-0.1, -0.05) is 12.1 Å². The smallest absolute Gasteiger partial charge is 0.398 e. The van der Waals surface area contributed by atoms with Crippen LogP contribution in [0.2, 0.25) is 0 Å². The summed E-state index contributed by atoms with van der Waals surface area (Å²) in [6.07, 6.45) is 0. The van der Waals surface area contributed by atoms with Crippen molar-refractivity contribution in [3.63, 3.8) is 0 Å². The monoisotopic (exact) mass is 345 g/mol. The molecule has 0 aromatic heterocycles. The predicted octanol–water partition coefficient (Wildman–Crippen LogP) is -0.415. The molecule has 0 bridgehead atoms. The third-order valence-corrected chi connectivity index (χ3v) is 6.40. The molecule has 0 atom stereocenters. The molecule has 0 amide bonds. The van der Waals surface area contributed by atoms with Crippen molar-refractivity contribution in [2.45, 2.75) is 11.8 Å². The number of anilines is 1. The molecule has 0 aliphatic heterocycles. The Bertz CT molecular complexity index is 794. The van der Waals surface area contributed by atoms with Crippen molar-refractivity contribution in [2.75, 3.05) is 11.5 Å². The van der Waals surface area contributed by atoms with Gasteiger partial charge in [-0.15, -0.1) is 7.26 Å². The minimum Gasteiger partial charge on any atom is -0.398 e. The van der Waals surface area contributed by atoms with E-state index < -0.39 is 41.3 Å². The van der Waals surface area contributed by atoms with Crippen LogP contribution in [0.15, 0.2) is 29.2 Å². The Labute approximate surface area is 116 Å². The zero-order chi connectivity index (χ0) is 15.6. The first-order valence-corrected chi connectivity index (χ1v) is 9.30. The molecule has 0 unspecified atom stereocenters. The van der Waals surface area contributed by atoms with Gasteiger partial charge in [0.2, 0.25) is 0 Å². The zero-order valence-electron chi connectivity index (χ0n) is 10.1. The van der Waals surface area contributed by atoms with E-state index in [1.165, 1.54) is 18.2 Å². The van der Waals surface area contributed by atoms with Crippen molar-refractivity contribution in [1.82, 2.24) is 0 Å². The van der Waals surface area contributed by atoms with Gasteiger partial charge >= 0.3 is 20.5 Å². The van der Waals surface area contributed by atoms with Crippen molar-refractivity contribution < 1.29 is 32.5 Å². The number of nitrogens with two attached hydrogens (primary N) is 1. The van der Waals surface area contributed by atoms with Crippen LogP contribution in [0.1, 0.15) is 6.92 Å². The summed E-state index contributed by atoms with van der Waals surface area (Å²) in [6.45, 7) is 1.11. The summed E-state index contributed by atoms with van der Waals surface area (Å²) >= 11 is 0. The fourth-order valence-electron chi connectivity index (χ4n) is 1.04. The van der Waals surface area contributed by atoms with Crippen LogP contribution >= 0.6 is 0 Å². The Morgan fingerprint density at radius 1 is 1.00 bits per heavy atom. The molecule has 0 heterocycles. The molecule has 0 saturated carbocycles. The molecule has 0 radical (unpaired) electrons. The maximum atomic E-state index is 11.7. The highest BCUT2D eigenvalue weighted by atomic mass is 32.3. The first kappa shape index (κ1) is 16.8. The van der Waals surface area contributed by atoms with Gasteiger partial charge < -0.3 is 5.73 Å². The largest absolute Gasteiger partial charge is 0.429 e. The van der Waals surface area contributed by atoms with Crippen molar-refractivity contribution in [2.24, 2.45) is 0 Å². The first-order valence-electron chi connectivity index (χ1n) is 4.98. The average molecular weight is 345 g/mol. The average Bonchev–Trinajstić information content (AvgIpc) is 2.26. The maximum Gasteiger partial charge on any atom is 0.429 e. The Balaban J connectivity index is 3.13. The van der Waals surface area contributed by atoms with Gasteiger partial charge in [-0.3, -0.25) is 0 Å². The van der Waals surface area contributed by atoms with Gasteiger partial charge in [-0.25, -0.2) is 0 Å². The van der Waals surface area contributed by atoms with E-state index in [1.54, 1.807) is 0 Å². The molecule has 12 heteroatoms. The maximum absolute atomic E-state index is 11.7. The Hall–Kier alpha value is -1.21. The Morgan fingerprint density at radius 2 is 1.55 bits per heavy atom. The fourth-order valence-corrected chi connectivity index (χ4v) is 4.51. The van der Waals surface area contributed by atoms with E-state index in [0.29, 0.717) is 0 Å². The van der Waals surface area contributed by atoms with Gasteiger partial charge in [-0.05, 0) is 19.1 Å². The Morgan fingerprint density at radius 3 is 2.05 bits per heavy atom. The number of benzene rings is 1. The van der Waals surface area contributed by atoms with E-state index in [9.17, 15) is 25.3 Å². The minimum atomic E-state index is -5.31. The summed E-state index contributed by atoms with van der Waals surface area (Å²) in [4.78, 5) is -0.624. The van der Waals surface area contributed by atoms with Gasteiger partial charge in [-0.2, -0.15) is 25.3 Å². The first-order chi connectivity index (χ1) is 8.99. The van der Waals surface area contributed by atoms with Gasteiger partial charge in [0.1, 0.15) is 4.90 Å². The number of nitrogen functional groups attached to an aromatic ring is 1. The van der Waals surface area contributed by atoms with Crippen LogP contribution in [-0.4, -0.2) is 31.0 Å². The van der Waals surface area contributed by atoms with Crippen molar-refractivity contribution in [3.8, 4) is 0 Å². The number of para-hydroxylation sites is 1. The van der Waals surface area contributed by atoms with Crippen LogP contribution in [0, 0.1) is 0 Å². The zero-order valence-corrected chi connectivity index (χ0v) is 12.5. The highest BCUT2D eigenvalue weighted by Crippen LogP contribution is 2.22. The van der Waals surface area contributed by atoms with E-state index in [4.69, 9.17) is 5.73 Å². The van der Waals surface area contributed by atoms with Crippen LogP contribution < -0.4 is 5.73 Å². The van der Waals surface area contributed by atoms with E-state index in [2.05, 4.69) is 7.26 Å².